The van der Waals surface area contributed by atoms with Crippen LogP contribution in [-0.4, -0.2) is 29.0 Å². The number of amides is 2. The summed E-state index contributed by atoms with van der Waals surface area (Å²) >= 11 is 1.39. The Hall–Kier alpha value is -3.19. The lowest BCUT2D eigenvalue weighted by Gasteiger charge is -2.32. The molecule has 0 saturated heterocycles. The second-order valence-corrected chi connectivity index (χ2v) is 7.33. The number of nitrogens with zero attached hydrogens (tertiary/aromatic N) is 3. The Morgan fingerprint density at radius 2 is 1.89 bits per heavy atom. The molecule has 1 atom stereocenters. The monoisotopic (exact) mass is 393 g/mol. The summed E-state index contributed by atoms with van der Waals surface area (Å²) in [5.74, 6) is -0.0188. The number of aromatic nitrogens is 1. The molecule has 2 amide bonds. The molecular formula is C21H19N3O3S. The van der Waals surface area contributed by atoms with Gasteiger partial charge in [-0.2, -0.15) is 4.99 Å². The summed E-state index contributed by atoms with van der Waals surface area (Å²) in [6.07, 6.45) is 1.08. The zero-order valence-corrected chi connectivity index (χ0v) is 16.1. The average molecular weight is 393 g/mol. The molecule has 1 unspecified atom stereocenters. The van der Waals surface area contributed by atoms with Gasteiger partial charge in [0.2, 0.25) is 5.91 Å². The van der Waals surface area contributed by atoms with Crippen LogP contribution in [0.2, 0.25) is 0 Å². The van der Waals surface area contributed by atoms with Crippen LogP contribution in [0.25, 0.3) is 0 Å². The van der Waals surface area contributed by atoms with Crippen LogP contribution < -0.4 is 14.4 Å². The maximum Gasteiger partial charge on any atom is 0.291 e. The van der Waals surface area contributed by atoms with E-state index in [1.54, 1.807) is 11.0 Å². The molecule has 28 heavy (non-hydrogen) atoms. The molecule has 1 aromatic heterocycles. The van der Waals surface area contributed by atoms with Gasteiger partial charge in [-0.05, 0) is 17.7 Å². The number of anilines is 1. The standard InChI is InChI=1S/C21H19N3O3S/c1-15(25)24-14-19(27-18-10-6-5-9-17(18)24)20(26)22-21-23(11-12-28-21)13-16-7-3-2-4-8-16/h2-12,19H,13-14H2,1H3. The van der Waals surface area contributed by atoms with Gasteiger partial charge in [0.1, 0.15) is 5.75 Å². The SMILES string of the molecule is CC(=O)N1CC(C(=O)N=c2sccn2Cc2ccccc2)Oc2ccccc21. The zero-order chi connectivity index (χ0) is 19.5. The Labute approximate surface area is 166 Å². The summed E-state index contributed by atoms with van der Waals surface area (Å²) in [6.45, 7) is 2.26. The van der Waals surface area contributed by atoms with E-state index in [0.29, 0.717) is 22.8 Å². The Morgan fingerprint density at radius 1 is 1.14 bits per heavy atom. The summed E-state index contributed by atoms with van der Waals surface area (Å²) in [6, 6.07) is 17.2. The van der Waals surface area contributed by atoms with Crippen molar-refractivity contribution < 1.29 is 14.3 Å². The number of carbonyl (C=O) groups excluding carboxylic acids is 2. The molecule has 0 N–H and O–H groups in total. The van der Waals surface area contributed by atoms with Gasteiger partial charge in [-0.15, -0.1) is 11.3 Å². The molecule has 142 valence electrons. The highest BCUT2D eigenvalue weighted by atomic mass is 32.1. The molecule has 0 fully saturated rings. The van der Waals surface area contributed by atoms with Gasteiger partial charge in [0.25, 0.3) is 5.91 Å². The lowest BCUT2D eigenvalue weighted by molar-refractivity contribution is -0.125. The first-order valence-corrected chi connectivity index (χ1v) is 9.80. The number of para-hydroxylation sites is 2. The van der Waals surface area contributed by atoms with Crippen LogP contribution in [0.3, 0.4) is 0 Å². The molecule has 4 rings (SSSR count). The summed E-state index contributed by atoms with van der Waals surface area (Å²) < 4.78 is 7.77. The fourth-order valence-electron chi connectivity index (χ4n) is 3.11. The number of benzene rings is 2. The van der Waals surface area contributed by atoms with Crippen molar-refractivity contribution in [3.05, 3.63) is 76.5 Å². The van der Waals surface area contributed by atoms with Gasteiger partial charge < -0.3 is 14.2 Å². The van der Waals surface area contributed by atoms with Gasteiger partial charge in [0.05, 0.1) is 12.2 Å². The third kappa shape index (κ3) is 3.75. The van der Waals surface area contributed by atoms with Gasteiger partial charge in [-0.25, -0.2) is 0 Å². The number of ether oxygens (including phenoxy) is 1. The molecular weight excluding hydrogens is 374 g/mol. The fraction of sp³-hybridized carbons (Fsp3) is 0.190. The van der Waals surface area contributed by atoms with E-state index in [2.05, 4.69) is 4.99 Å². The maximum absolute atomic E-state index is 12.8. The molecule has 6 nitrogen and oxygen atoms in total. The van der Waals surface area contributed by atoms with Crippen LogP contribution in [0.15, 0.2) is 71.2 Å². The number of thiazole rings is 1. The van der Waals surface area contributed by atoms with Gasteiger partial charge in [0, 0.05) is 25.0 Å². The van der Waals surface area contributed by atoms with Crippen molar-refractivity contribution in [3.8, 4) is 5.75 Å². The van der Waals surface area contributed by atoms with Crippen LogP contribution in [0, 0.1) is 0 Å². The number of fused-ring (bicyclic) bond motifs is 1. The van der Waals surface area contributed by atoms with Crippen LogP contribution in [0.1, 0.15) is 12.5 Å². The predicted molar refractivity (Wildman–Crippen MR) is 107 cm³/mol. The predicted octanol–water partition coefficient (Wildman–Crippen LogP) is 2.84. The minimum atomic E-state index is -0.828. The highest BCUT2D eigenvalue weighted by Crippen LogP contribution is 2.33. The molecule has 1 aliphatic heterocycles. The molecule has 0 aliphatic carbocycles. The Balaban J connectivity index is 1.59. The lowest BCUT2D eigenvalue weighted by atomic mass is 10.2. The second kappa shape index (κ2) is 7.82. The number of rotatable bonds is 3. The molecule has 0 spiro atoms. The molecule has 3 aromatic rings. The first kappa shape index (κ1) is 18.2. The van der Waals surface area contributed by atoms with Crippen molar-refractivity contribution in [2.24, 2.45) is 4.99 Å². The quantitative estimate of drug-likeness (QED) is 0.687. The van der Waals surface area contributed by atoms with Gasteiger partial charge >= 0.3 is 0 Å². The highest BCUT2D eigenvalue weighted by molar-refractivity contribution is 7.07. The highest BCUT2D eigenvalue weighted by Gasteiger charge is 2.32. The van der Waals surface area contributed by atoms with E-state index < -0.39 is 12.0 Å². The van der Waals surface area contributed by atoms with E-state index in [9.17, 15) is 9.59 Å². The van der Waals surface area contributed by atoms with E-state index in [4.69, 9.17) is 4.74 Å². The minimum absolute atomic E-state index is 0.135. The zero-order valence-electron chi connectivity index (χ0n) is 15.3. The Bertz CT molecular complexity index is 1070. The number of hydrogen-bond acceptors (Lipinski definition) is 4. The van der Waals surface area contributed by atoms with E-state index in [1.165, 1.54) is 18.3 Å². The van der Waals surface area contributed by atoms with Crippen LogP contribution >= 0.6 is 11.3 Å². The average Bonchev–Trinajstić information content (AvgIpc) is 3.14. The molecule has 0 bridgehead atoms. The lowest BCUT2D eigenvalue weighted by Crippen LogP contribution is -2.46. The summed E-state index contributed by atoms with van der Waals surface area (Å²) in [5.41, 5.74) is 1.80. The van der Waals surface area contributed by atoms with Gasteiger partial charge in [-0.3, -0.25) is 9.59 Å². The molecule has 0 radical (unpaired) electrons. The summed E-state index contributed by atoms with van der Waals surface area (Å²) in [4.78, 5) is 31.3. The van der Waals surface area contributed by atoms with Gasteiger partial charge in [0.15, 0.2) is 10.9 Å². The molecule has 7 heteroatoms. The van der Waals surface area contributed by atoms with Gasteiger partial charge in [-0.1, -0.05) is 42.5 Å². The third-order valence-electron chi connectivity index (χ3n) is 4.49. The molecule has 0 saturated carbocycles. The first-order chi connectivity index (χ1) is 13.6. The molecule has 1 aliphatic rings. The van der Waals surface area contributed by atoms with Crippen LogP contribution in [0.5, 0.6) is 5.75 Å². The van der Waals surface area contributed by atoms with Crippen molar-refractivity contribution in [1.82, 2.24) is 4.57 Å². The van der Waals surface area contributed by atoms with Crippen molar-refractivity contribution >= 4 is 28.8 Å². The van der Waals surface area contributed by atoms with E-state index in [-0.39, 0.29) is 12.5 Å². The largest absolute Gasteiger partial charge is 0.476 e. The third-order valence-corrected chi connectivity index (χ3v) is 5.29. The first-order valence-electron chi connectivity index (χ1n) is 8.92. The Kier molecular flexibility index (Phi) is 5.08. The summed E-state index contributed by atoms with van der Waals surface area (Å²) in [7, 11) is 0. The van der Waals surface area contributed by atoms with Crippen molar-refractivity contribution in [2.45, 2.75) is 19.6 Å². The normalized spacial score (nSPS) is 16.4. The number of hydrogen-bond donors (Lipinski definition) is 0. The van der Waals surface area contributed by atoms with Crippen molar-refractivity contribution in [3.63, 3.8) is 0 Å². The Morgan fingerprint density at radius 3 is 2.68 bits per heavy atom. The van der Waals surface area contributed by atoms with E-state index in [0.717, 1.165) is 5.56 Å². The van der Waals surface area contributed by atoms with Crippen LogP contribution in [0.4, 0.5) is 5.69 Å². The molecule has 2 aromatic carbocycles. The minimum Gasteiger partial charge on any atom is -0.476 e. The van der Waals surface area contributed by atoms with Crippen LogP contribution in [-0.2, 0) is 16.1 Å². The van der Waals surface area contributed by atoms with Crippen molar-refractivity contribution in [2.75, 3.05) is 11.4 Å². The van der Waals surface area contributed by atoms with E-state index in [1.807, 2.05) is 64.7 Å². The summed E-state index contributed by atoms with van der Waals surface area (Å²) in [5, 5.41) is 1.90. The smallest absolute Gasteiger partial charge is 0.291 e. The van der Waals surface area contributed by atoms with Crippen molar-refractivity contribution in [1.29, 1.82) is 0 Å². The number of carbonyl (C=O) groups is 2. The topological polar surface area (TPSA) is 63.9 Å². The van der Waals surface area contributed by atoms with E-state index >= 15 is 0 Å². The fourth-order valence-corrected chi connectivity index (χ4v) is 3.85. The second-order valence-electron chi connectivity index (χ2n) is 6.45. The molecule has 2 heterocycles. The maximum atomic E-state index is 12.8.